The van der Waals surface area contributed by atoms with Gasteiger partial charge in [-0.1, -0.05) is 49.0 Å². The quantitative estimate of drug-likeness (QED) is 0.634. The van der Waals surface area contributed by atoms with E-state index in [2.05, 4.69) is 22.2 Å². The summed E-state index contributed by atoms with van der Waals surface area (Å²) in [5.41, 5.74) is 2.99. The average molecular weight is 367 g/mol. The maximum Gasteiger partial charge on any atom is 0.257 e. The van der Waals surface area contributed by atoms with E-state index >= 15 is 0 Å². The molecule has 4 rings (SSSR count). The number of nitrogens with one attached hydrogen (secondary N) is 2. The molecule has 1 aromatic carbocycles. The van der Waals surface area contributed by atoms with E-state index in [1.165, 1.54) is 0 Å². The molecule has 2 aromatic rings. The van der Waals surface area contributed by atoms with Gasteiger partial charge in [0.25, 0.3) is 5.56 Å². The molecule has 0 amide bonds. The second-order valence-corrected chi connectivity index (χ2v) is 7.70. The number of ketones is 1. The molecule has 5 nitrogen and oxygen atoms in total. The summed E-state index contributed by atoms with van der Waals surface area (Å²) in [6.07, 6.45) is 3.20. The zero-order valence-corrected chi connectivity index (χ0v) is 15.5. The number of nitrogens with zero attached hydrogens (tertiary/aromatic N) is 1. The number of hydrogen-bond acceptors (Lipinski definition) is 5. The van der Waals surface area contributed by atoms with Gasteiger partial charge in [-0.15, -0.1) is 0 Å². The molecule has 0 spiro atoms. The van der Waals surface area contributed by atoms with E-state index in [1.54, 1.807) is 11.8 Å². The number of benzene rings is 1. The Balaban J connectivity index is 1.89. The van der Waals surface area contributed by atoms with Gasteiger partial charge in [-0.05, 0) is 24.8 Å². The normalized spacial score (nSPS) is 19.0. The summed E-state index contributed by atoms with van der Waals surface area (Å²) in [6, 6.07) is 9.78. The summed E-state index contributed by atoms with van der Waals surface area (Å²) in [5.74, 6) is 1.27. The van der Waals surface area contributed by atoms with Crippen molar-refractivity contribution in [2.75, 3.05) is 11.1 Å². The van der Waals surface area contributed by atoms with Crippen molar-refractivity contribution in [1.29, 1.82) is 0 Å². The molecule has 1 aromatic heterocycles. The number of hydrogen-bond donors (Lipinski definition) is 2. The van der Waals surface area contributed by atoms with Gasteiger partial charge in [-0.2, -0.15) is 0 Å². The number of rotatable bonds is 4. The summed E-state index contributed by atoms with van der Waals surface area (Å²) in [6.45, 7) is 2.10. The van der Waals surface area contributed by atoms with Gasteiger partial charge >= 0.3 is 0 Å². The van der Waals surface area contributed by atoms with E-state index in [-0.39, 0.29) is 17.3 Å². The van der Waals surface area contributed by atoms with Gasteiger partial charge in [0.1, 0.15) is 5.82 Å². The van der Waals surface area contributed by atoms with E-state index in [0.717, 1.165) is 41.8 Å². The van der Waals surface area contributed by atoms with E-state index in [4.69, 9.17) is 0 Å². The molecule has 26 heavy (non-hydrogen) atoms. The third-order valence-electron chi connectivity index (χ3n) is 4.81. The minimum Gasteiger partial charge on any atom is -0.343 e. The second-order valence-electron chi connectivity index (χ2n) is 6.62. The summed E-state index contributed by atoms with van der Waals surface area (Å²) in [4.78, 5) is 33.2. The van der Waals surface area contributed by atoms with Gasteiger partial charge in [0.15, 0.2) is 10.9 Å². The minimum absolute atomic E-state index is 0.127. The van der Waals surface area contributed by atoms with Crippen molar-refractivity contribution < 1.29 is 4.79 Å². The first kappa shape index (κ1) is 17.1. The lowest BCUT2D eigenvalue weighted by Gasteiger charge is -2.32. The van der Waals surface area contributed by atoms with E-state index in [1.807, 2.05) is 30.3 Å². The first-order chi connectivity index (χ1) is 12.7. The Morgan fingerprint density at radius 3 is 2.77 bits per heavy atom. The van der Waals surface area contributed by atoms with Crippen molar-refractivity contribution in [3.63, 3.8) is 0 Å². The highest BCUT2D eigenvalue weighted by atomic mass is 32.2. The first-order valence-corrected chi connectivity index (χ1v) is 10.0. The molecule has 0 bridgehead atoms. The van der Waals surface area contributed by atoms with E-state index < -0.39 is 0 Å². The van der Waals surface area contributed by atoms with Crippen LogP contribution in [0.15, 0.2) is 51.6 Å². The highest BCUT2D eigenvalue weighted by Gasteiger charge is 2.37. The summed E-state index contributed by atoms with van der Waals surface area (Å²) >= 11 is 1.54. The number of carbonyl (C=O) groups excluding carboxylic acids is 1. The lowest BCUT2D eigenvalue weighted by Crippen LogP contribution is -2.32. The molecular formula is C20H21N3O2S. The highest BCUT2D eigenvalue weighted by Crippen LogP contribution is 2.43. The predicted octanol–water partition coefficient (Wildman–Crippen LogP) is 3.84. The fraction of sp³-hybridized carbons (Fsp3) is 0.350. The number of fused-ring (bicyclic) bond motifs is 1. The number of aromatic nitrogens is 2. The Bertz CT molecular complexity index is 934. The topological polar surface area (TPSA) is 74.8 Å². The van der Waals surface area contributed by atoms with Crippen molar-refractivity contribution >= 4 is 23.4 Å². The van der Waals surface area contributed by atoms with E-state index in [9.17, 15) is 9.59 Å². The molecule has 1 aliphatic heterocycles. The standard InChI is InChI=1S/C20H21N3O2S/c1-2-11-26-20-22-18-17(19(25)23-20)15(12-7-4-3-5-8-12)16-13(21-18)9-6-10-14(16)24/h3-5,7-8,15H,2,6,9-11H2,1H3,(H2,21,22,23,25)/t15-/m1/s1. The number of H-pyrrole nitrogens is 1. The molecule has 1 atom stereocenters. The van der Waals surface area contributed by atoms with Gasteiger partial charge in [-0.3, -0.25) is 9.59 Å². The van der Waals surface area contributed by atoms with Crippen molar-refractivity contribution in [1.82, 2.24) is 9.97 Å². The maximum atomic E-state index is 12.9. The maximum absolute atomic E-state index is 12.9. The molecule has 0 unspecified atom stereocenters. The van der Waals surface area contributed by atoms with Crippen LogP contribution in [0.5, 0.6) is 0 Å². The van der Waals surface area contributed by atoms with Gasteiger partial charge in [0.05, 0.1) is 5.56 Å². The molecule has 0 saturated heterocycles. The Hall–Kier alpha value is -2.34. The molecule has 1 aliphatic carbocycles. The molecule has 2 heterocycles. The van der Waals surface area contributed by atoms with Crippen LogP contribution < -0.4 is 10.9 Å². The third kappa shape index (κ3) is 2.98. The van der Waals surface area contributed by atoms with Crippen LogP contribution >= 0.6 is 11.8 Å². The number of thioether (sulfide) groups is 1. The Morgan fingerprint density at radius 2 is 2.00 bits per heavy atom. The van der Waals surface area contributed by atoms with Crippen molar-refractivity contribution in [3.8, 4) is 0 Å². The van der Waals surface area contributed by atoms with Crippen LogP contribution in [0, 0.1) is 0 Å². The molecular weight excluding hydrogens is 346 g/mol. The predicted molar refractivity (Wildman–Crippen MR) is 104 cm³/mol. The number of allylic oxidation sites excluding steroid dienone is 2. The zero-order chi connectivity index (χ0) is 18.1. The van der Waals surface area contributed by atoms with Crippen LogP contribution in [-0.4, -0.2) is 21.5 Å². The fourth-order valence-corrected chi connectivity index (χ4v) is 4.40. The van der Waals surface area contributed by atoms with Crippen LogP contribution in [0.2, 0.25) is 0 Å². The van der Waals surface area contributed by atoms with Crippen molar-refractivity contribution in [3.05, 3.63) is 63.1 Å². The fourth-order valence-electron chi connectivity index (χ4n) is 3.69. The third-order valence-corrected chi connectivity index (χ3v) is 5.89. The highest BCUT2D eigenvalue weighted by molar-refractivity contribution is 7.99. The van der Waals surface area contributed by atoms with Crippen LogP contribution in [-0.2, 0) is 4.79 Å². The van der Waals surface area contributed by atoms with Crippen molar-refractivity contribution in [2.45, 2.75) is 43.7 Å². The Morgan fingerprint density at radius 1 is 1.19 bits per heavy atom. The summed E-state index contributed by atoms with van der Waals surface area (Å²) < 4.78 is 0. The minimum atomic E-state index is -0.350. The van der Waals surface area contributed by atoms with Gasteiger partial charge in [0.2, 0.25) is 0 Å². The molecule has 0 fully saturated rings. The number of aromatic amines is 1. The number of Topliss-reactive ketones (excluding diaryl/α,β-unsaturated/α-hetero) is 1. The molecule has 6 heteroatoms. The largest absolute Gasteiger partial charge is 0.343 e. The first-order valence-electron chi connectivity index (χ1n) is 9.04. The van der Waals surface area contributed by atoms with Crippen LogP contribution in [0.3, 0.4) is 0 Å². The second kappa shape index (κ2) is 7.11. The van der Waals surface area contributed by atoms with E-state index in [0.29, 0.717) is 23.0 Å². The number of carbonyl (C=O) groups is 1. The zero-order valence-electron chi connectivity index (χ0n) is 14.7. The Labute approximate surface area is 156 Å². The van der Waals surface area contributed by atoms with Crippen molar-refractivity contribution in [2.24, 2.45) is 0 Å². The summed E-state index contributed by atoms with van der Waals surface area (Å²) in [5, 5.41) is 3.93. The number of anilines is 1. The van der Waals surface area contributed by atoms with Crippen LogP contribution in [0.4, 0.5) is 5.82 Å². The average Bonchev–Trinajstić information content (AvgIpc) is 2.65. The molecule has 2 N–H and O–H groups in total. The molecule has 0 radical (unpaired) electrons. The molecule has 134 valence electrons. The van der Waals surface area contributed by atoms with Gasteiger partial charge < -0.3 is 10.3 Å². The SMILES string of the molecule is CCCSc1nc2c(c(=O)[nH]1)[C@H](c1ccccc1)C1=C(CCCC1=O)N2. The van der Waals surface area contributed by atoms with Gasteiger partial charge in [-0.25, -0.2) is 4.98 Å². The van der Waals surface area contributed by atoms with Crippen LogP contribution in [0.25, 0.3) is 0 Å². The Kier molecular flexibility index (Phi) is 4.68. The summed E-state index contributed by atoms with van der Waals surface area (Å²) in [7, 11) is 0. The molecule has 0 saturated carbocycles. The van der Waals surface area contributed by atoms with Crippen LogP contribution in [0.1, 0.15) is 49.7 Å². The molecule has 2 aliphatic rings. The monoisotopic (exact) mass is 367 g/mol. The van der Waals surface area contributed by atoms with Gasteiger partial charge in [0, 0.05) is 29.4 Å². The lowest BCUT2D eigenvalue weighted by atomic mass is 9.76. The smallest absolute Gasteiger partial charge is 0.257 e. The lowest BCUT2D eigenvalue weighted by molar-refractivity contribution is -0.116.